The summed E-state index contributed by atoms with van der Waals surface area (Å²) in [7, 11) is 1.72. The van der Waals surface area contributed by atoms with Crippen LogP contribution in [0.4, 0.5) is 0 Å². The van der Waals surface area contributed by atoms with Gasteiger partial charge in [-0.3, -0.25) is 9.59 Å². The Bertz CT molecular complexity index is 219. The lowest BCUT2D eigenvalue weighted by molar-refractivity contribution is -0.141. The van der Waals surface area contributed by atoms with Crippen LogP contribution >= 0.6 is 0 Å². The molecule has 5 heteroatoms. The minimum Gasteiger partial charge on any atom is -0.481 e. The Balaban J connectivity index is 3.54. The average Bonchev–Trinajstić information content (AvgIpc) is 2.22. The van der Waals surface area contributed by atoms with Crippen LogP contribution in [-0.2, 0) is 9.59 Å². The Hall–Kier alpha value is -1.10. The Morgan fingerprint density at radius 3 is 2.40 bits per heavy atom. The van der Waals surface area contributed by atoms with Crippen molar-refractivity contribution in [2.24, 2.45) is 5.92 Å². The number of hydrogen-bond acceptors (Lipinski definition) is 3. The molecule has 0 aliphatic carbocycles. The van der Waals surface area contributed by atoms with Gasteiger partial charge in [-0.2, -0.15) is 0 Å². The van der Waals surface area contributed by atoms with E-state index in [1.54, 1.807) is 20.9 Å². The van der Waals surface area contributed by atoms with Gasteiger partial charge in [0.15, 0.2) is 0 Å². The predicted octanol–water partition coefficient (Wildman–Crippen LogP) is 0.211. The van der Waals surface area contributed by atoms with E-state index < -0.39 is 5.97 Å². The highest BCUT2D eigenvalue weighted by atomic mass is 16.4. The number of hydrogen-bond donors (Lipinski definition) is 3. The average molecular weight is 216 g/mol. The first-order chi connectivity index (χ1) is 6.99. The number of carbonyl (C=O) groups excluding carboxylic acids is 1. The highest BCUT2D eigenvalue weighted by Crippen LogP contribution is 2.04. The molecule has 15 heavy (non-hydrogen) atoms. The van der Waals surface area contributed by atoms with Crippen molar-refractivity contribution < 1.29 is 14.7 Å². The first kappa shape index (κ1) is 13.9. The van der Waals surface area contributed by atoms with Crippen molar-refractivity contribution in [2.75, 3.05) is 13.6 Å². The van der Waals surface area contributed by atoms with Crippen LogP contribution < -0.4 is 10.6 Å². The third-order valence-corrected chi connectivity index (χ3v) is 2.36. The number of amides is 1. The van der Waals surface area contributed by atoms with Crippen molar-refractivity contribution in [1.29, 1.82) is 0 Å². The molecule has 2 unspecified atom stereocenters. The topological polar surface area (TPSA) is 78.4 Å². The molecule has 0 radical (unpaired) electrons. The number of nitrogens with one attached hydrogen (secondary N) is 2. The van der Waals surface area contributed by atoms with Crippen molar-refractivity contribution in [3.8, 4) is 0 Å². The summed E-state index contributed by atoms with van der Waals surface area (Å²) in [6, 6.07) is -0.207. The van der Waals surface area contributed by atoms with Crippen LogP contribution in [0.1, 0.15) is 26.7 Å². The third-order valence-electron chi connectivity index (χ3n) is 2.36. The molecule has 0 spiro atoms. The van der Waals surface area contributed by atoms with Gasteiger partial charge in [-0.1, -0.05) is 6.92 Å². The van der Waals surface area contributed by atoms with E-state index >= 15 is 0 Å². The Morgan fingerprint density at radius 2 is 1.93 bits per heavy atom. The van der Waals surface area contributed by atoms with Crippen LogP contribution in [0.3, 0.4) is 0 Å². The zero-order valence-corrected chi connectivity index (χ0v) is 9.54. The van der Waals surface area contributed by atoms with E-state index in [1.807, 2.05) is 0 Å². The van der Waals surface area contributed by atoms with E-state index in [0.717, 1.165) is 0 Å². The molecule has 0 saturated carbocycles. The molecule has 0 saturated heterocycles. The van der Waals surface area contributed by atoms with Crippen molar-refractivity contribution in [3.63, 3.8) is 0 Å². The van der Waals surface area contributed by atoms with E-state index in [2.05, 4.69) is 10.6 Å². The van der Waals surface area contributed by atoms with Gasteiger partial charge in [0.25, 0.3) is 0 Å². The van der Waals surface area contributed by atoms with Crippen LogP contribution in [0.5, 0.6) is 0 Å². The minimum atomic E-state index is -0.787. The second kappa shape index (κ2) is 7.23. The van der Waals surface area contributed by atoms with E-state index in [0.29, 0.717) is 19.4 Å². The van der Waals surface area contributed by atoms with E-state index in [-0.39, 0.29) is 17.9 Å². The standard InChI is InChI=1S/C10H20N2O3/c1-7(10(14)15)5-4-6-12-9(13)8(2)11-3/h7-8,11H,4-6H2,1-3H3,(H,12,13)(H,14,15). The quantitative estimate of drug-likeness (QED) is 0.532. The lowest BCUT2D eigenvalue weighted by Crippen LogP contribution is -2.40. The highest BCUT2D eigenvalue weighted by Gasteiger charge is 2.11. The van der Waals surface area contributed by atoms with Crippen LogP contribution in [0.2, 0.25) is 0 Å². The van der Waals surface area contributed by atoms with Crippen LogP contribution in [-0.4, -0.2) is 36.6 Å². The van der Waals surface area contributed by atoms with Crippen molar-refractivity contribution in [2.45, 2.75) is 32.7 Å². The van der Waals surface area contributed by atoms with Crippen molar-refractivity contribution >= 4 is 11.9 Å². The van der Waals surface area contributed by atoms with Crippen LogP contribution in [0.25, 0.3) is 0 Å². The molecule has 2 atom stereocenters. The highest BCUT2D eigenvalue weighted by molar-refractivity contribution is 5.81. The first-order valence-corrected chi connectivity index (χ1v) is 5.16. The maximum absolute atomic E-state index is 11.3. The summed E-state index contributed by atoms with van der Waals surface area (Å²) in [5.41, 5.74) is 0. The fourth-order valence-corrected chi connectivity index (χ4v) is 1.03. The van der Waals surface area contributed by atoms with Gasteiger partial charge in [0.1, 0.15) is 0 Å². The van der Waals surface area contributed by atoms with Gasteiger partial charge in [0.05, 0.1) is 12.0 Å². The number of likely N-dealkylation sites (N-methyl/N-ethyl adjacent to an activating group) is 1. The normalized spacial score (nSPS) is 14.3. The summed E-state index contributed by atoms with van der Waals surface area (Å²) in [5.74, 6) is -1.19. The fraction of sp³-hybridized carbons (Fsp3) is 0.800. The van der Waals surface area contributed by atoms with E-state index in [1.165, 1.54) is 0 Å². The summed E-state index contributed by atoms with van der Waals surface area (Å²) >= 11 is 0. The van der Waals surface area contributed by atoms with Gasteiger partial charge in [0.2, 0.25) is 5.91 Å². The first-order valence-electron chi connectivity index (χ1n) is 5.16. The van der Waals surface area contributed by atoms with Gasteiger partial charge in [-0.15, -0.1) is 0 Å². The third kappa shape index (κ3) is 6.06. The second-order valence-electron chi connectivity index (χ2n) is 3.68. The molecular weight excluding hydrogens is 196 g/mol. The number of aliphatic carboxylic acids is 1. The molecule has 88 valence electrons. The van der Waals surface area contributed by atoms with Crippen LogP contribution in [0, 0.1) is 5.92 Å². The summed E-state index contributed by atoms with van der Waals surface area (Å²) < 4.78 is 0. The molecule has 0 bridgehead atoms. The molecule has 0 aliphatic heterocycles. The zero-order valence-electron chi connectivity index (χ0n) is 9.54. The molecule has 0 aromatic heterocycles. The van der Waals surface area contributed by atoms with E-state index in [9.17, 15) is 9.59 Å². The molecular formula is C10H20N2O3. The molecule has 0 rings (SSSR count). The van der Waals surface area contributed by atoms with Crippen molar-refractivity contribution in [3.05, 3.63) is 0 Å². The molecule has 1 amide bonds. The monoisotopic (exact) mass is 216 g/mol. The van der Waals surface area contributed by atoms with Crippen molar-refractivity contribution in [1.82, 2.24) is 10.6 Å². The van der Waals surface area contributed by atoms with Crippen LogP contribution in [0.15, 0.2) is 0 Å². The van der Waals surface area contributed by atoms with Gasteiger partial charge in [0, 0.05) is 6.54 Å². The summed E-state index contributed by atoms with van der Waals surface area (Å²) in [4.78, 5) is 21.7. The Morgan fingerprint density at radius 1 is 1.33 bits per heavy atom. The minimum absolute atomic E-state index is 0.0551. The number of carboxylic acid groups (broad SMARTS) is 1. The van der Waals surface area contributed by atoms with E-state index in [4.69, 9.17) is 5.11 Å². The van der Waals surface area contributed by atoms with Gasteiger partial charge < -0.3 is 15.7 Å². The molecule has 0 aliphatic rings. The van der Waals surface area contributed by atoms with Gasteiger partial charge >= 0.3 is 5.97 Å². The number of carbonyl (C=O) groups is 2. The molecule has 0 aromatic rings. The smallest absolute Gasteiger partial charge is 0.306 e. The molecule has 3 N–H and O–H groups in total. The number of carboxylic acids is 1. The lowest BCUT2D eigenvalue weighted by atomic mass is 10.1. The largest absolute Gasteiger partial charge is 0.481 e. The Labute approximate surface area is 90.2 Å². The Kier molecular flexibility index (Phi) is 6.70. The molecule has 5 nitrogen and oxygen atoms in total. The molecule has 0 fully saturated rings. The summed E-state index contributed by atoms with van der Waals surface area (Å²) in [6.07, 6.45) is 1.28. The zero-order chi connectivity index (χ0) is 11.8. The summed E-state index contributed by atoms with van der Waals surface area (Å²) in [5, 5.41) is 14.2. The summed E-state index contributed by atoms with van der Waals surface area (Å²) in [6.45, 7) is 3.97. The predicted molar refractivity (Wildman–Crippen MR) is 57.6 cm³/mol. The number of rotatable bonds is 7. The second-order valence-corrected chi connectivity index (χ2v) is 3.68. The SMILES string of the molecule is CNC(C)C(=O)NCCCC(C)C(=O)O. The maximum atomic E-state index is 11.3. The lowest BCUT2D eigenvalue weighted by Gasteiger charge is -2.11. The van der Waals surface area contributed by atoms with Gasteiger partial charge in [-0.05, 0) is 26.8 Å². The molecule has 0 heterocycles. The molecule has 0 aromatic carbocycles. The maximum Gasteiger partial charge on any atom is 0.306 e. The van der Waals surface area contributed by atoms with Gasteiger partial charge in [-0.25, -0.2) is 0 Å². The fourth-order valence-electron chi connectivity index (χ4n) is 1.03.